The molecule has 0 spiro atoms. The van der Waals surface area contributed by atoms with Crippen LogP contribution in [-0.2, 0) is 0 Å². The minimum absolute atomic E-state index is 0.528. The predicted molar refractivity (Wildman–Crippen MR) is 78.7 cm³/mol. The van der Waals surface area contributed by atoms with E-state index in [0.717, 1.165) is 31.2 Å². The van der Waals surface area contributed by atoms with E-state index in [2.05, 4.69) is 26.1 Å². The fraction of sp³-hybridized carbons (Fsp3) is 1.00. The number of hydrogen-bond donors (Lipinski definition) is 2. The van der Waals surface area contributed by atoms with Gasteiger partial charge in [-0.15, -0.1) is 0 Å². The highest BCUT2D eigenvalue weighted by Crippen LogP contribution is 2.29. The molecule has 0 aromatic heterocycles. The first-order chi connectivity index (χ1) is 8.43. The van der Waals surface area contributed by atoms with Crippen LogP contribution in [0.5, 0.6) is 0 Å². The second-order valence-electron chi connectivity index (χ2n) is 6.99. The third kappa shape index (κ3) is 6.19. The summed E-state index contributed by atoms with van der Waals surface area (Å²) >= 11 is 0. The van der Waals surface area contributed by atoms with Gasteiger partial charge < -0.3 is 10.4 Å². The van der Waals surface area contributed by atoms with E-state index < -0.39 is 5.60 Å². The van der Waals surface area contributed by atoms with Gasteiger partial charge in [0.05, 0.1) is 5.60 Å². The highest BCUT2D eigenvalue weighted by atomic mass is 16.3. The van der Waals surface area contributed by atoms with Crippen molar-refractivity contribution < 1.29 is 5.11 Å². The van der Waals surface area contributed by atoms with Crippen LogP contribution >= 0.6 is 0 Å². The summed E-state index contributed by atoms with van der Waals surface area (Å²) in [6, 6.07) is 0.630. The first kappa shape index (κ1) is 16.0. The summed E-state index contributed by atoms with van der Waals surface area (Å²) < 4.78 is 0. The lowest BCUT2D eigenvalue weighted by molar-refractivity contribution is 0.0443. The minimum Gasteiger partial charge on any atom is -0.389 e. The molecule has 108 valence electrons. The number of aliphatic hydroxyl groups is 1. The van der Waals surface area contributed by atoms with Gasteiger partial charge in [0.1, 0.15) is 0 Å². The average Bonchev–Trinajstić information content (AvgIpc) is 2.26. The summed E-state index contributed by atoms with van der Waals surface area (Å²) in [6.07, 6.45) is 8.66. The molecule has 2 heteroatoms. The molecule has 3 atom stereocenters. The molecule has 0 aromatic carbocycles. The maximum Gasteiger partial charge on any atom is 0.0743 e. The van der Waals surface area contributed by atoms with Gasteiger partial charge in [-0.05, 0) is 44.4 Å². The molecule has 1 aliphatic carbocycles. The minimum atomic E-state index is -0.528. The van der Waals surface area contributed by atoms with Crippen molar-refractivity contribution in [2.24, 2.45) is 11.8 Å². The lowest BCUT2D eigenvalue weighted by Crippen LogP contribution is -2.44. The van der Waals surface area contributed by atoms with E-state index in [-0.39, 0.29) is 0 Å². The standard InChI is InChI=1S/C16H33NO/c1-5-9-16(4,18)12-17-15-8-6-7-14(11-15)10-13(2)3/h13-15,17-18H,5-12H2,1-4H3. The van der Waals surface area contributed by atoms with Crippen molar-refractivity contribution in [1.82, 2.24) is 5.32 Å². The van der Waals surface area contributed by atoms with E-state index in [4.69, 9.17) is 0 Å². The first-order valence-corrected chi connectivity index (χ1v) is 7.88. The Hall–Kier alpha value is -0.0800. The van der Waals surface area contributed by atoms with Gasteiger partial charge in [0.15, 0.2) is 0 Å². The Morgan fingerprint density at radius 3 is 2.67 bits per heavy atom. The van der Waals surface area contributed by atoms with Crippen molar-refractivity contribution in [3.63, 3.8) is 0 Å². The number of nitrogens with one attached hydrogen (secondary N) is 1. The molecule has 2 nitrogen and oxygen atoms in total. The van der Waals surface area contributed by atoms with Gasteiger partial charge in [0.2, 0.25) is 0 Å². The van der Waals surface area contributed by atoms with Gasteiger partial charge in [0, 0.05) is 12.6 Å². The molecular formula is C16H33NO. The predicted octanol–water partition coefficient (Wildman–Crippen LogP) is 3.73. The fourth-order valence-corrected chi connectivity index (χ4v) is 3.35. The van der Waals surface area contributed by atoms with Crippen LogP contribution in [0.25, 0.3) is 0 Å². The van der Waals surface area contributed by atoms with E-state index in [9.17, 15) is 5.11 Å². The largest absolute Gasteiger partial charge is 0.389 e. The molecule has 0 aromatic rings. The maximum absolute atomic E-state index is 10.2. The molecule has 0 saturated heterocycles. The van der Waals surface area contributed by atoms with Crippen LogP contribution < -0.4 is 5.32 Å². The van der Waals surface area contributed by atoms with Crippen molar-refractivity contribution in [3.05, 3.63) is 0 Å². The van der Waals surface area contributed by atoms with E-state index in [0.29, 0.717) is 6.04 Å². The first-order valence-electron chi connectivity index (χ1n) is 7.88. The Labute approximate surface area is 114 Å². The third-order valence-corrected chi connectivity index (χ3v) is 4.15. The molecule has 0 bridgehead atoms. The van der Waals surface area contributed by atoms with Gasteiger partial charge in [0.25, 0.3) is 0 Å². The molecule has 18 heavy (non-hydrogen) atoms. The van der Waals surface area contributed by atoms with Gasteiger partial charge in [-0.1, -0.05) is 40.0 Å². The van der Waals surface area contributed by atoms with Crippen LogP contribution in [-0.4, -0.2) is 23.3 Å². The Morgan fingerprint density at radius 1 is 1.33 bits per heavy atom. The molecule has 0 aliphatic heterocycles. The Morgan fingerprint density at radius 2 is 2.06 bits per heavy atom. The summed E-state index contributed by atoms with van der Waals surface area (Å²) in [5.74, 6) is 1.71. The number of rotatable bonds is 7. The second-order valence-corrected chi connectivity index (χ2v) is 6.99. The third-order valence-electron chi connectivity index (χ3n) is 4.15. The smallest absolute Gasteiger partial charge is 0.0743 e. The van der Waals surface area contributed by atoms with Gasteiger partial charge >= 0.3 is 0 Å². The van der Waals surface area contributed by atoms with Crippen LogP contribution in [0.15, 0.2) is 0 Å². The molecular weight excluding hydrogens is 222 g/mol. The van der Waals surface area contributed by atoms with E-state index in [1.807, 2.05) is 6.92 Å². The monoisotopic (exact) mass is 255 g/mol. The fourth-order valence-electron chi connectivity index (χ4n) is 3.35. The molecule has 0 amide bonds. The molecule has 1 saturated carbocycles. The summed E-state index contributed by atoms with van der Waals surface area (Å²) in [7, 11) is 0. The van der Waals surface area contributed by atoms with Crippen molar-refractivity contribution in [3.8, 4) is 0 Å². The Bertz CT molecular complexity index is 225. The number of hydrogen-bond acceptors (Lipinski definition) is 2. The summed E-state index contributed by atoms with van der Waals surface area (Å²) in [5.41, 5.74) is -0.528. The van der Waals surface area contributed by atoms with Crippen molar-refractivity contribution in [2.45, 2.75) is 84.3 Å². The normalized spacial score (nSPS) is 28.3. The lowest BCUT2D eigenvalue weighted by Gasteiger charge is -2.33. The van der Waals surface area contributed by atoms with E-state index in [1.54, 1.807) is 0 Å². The van der Waals surface area contributed by atoms with Crippen LogP contribution in [0.2, 0.25) is 0 Å². The van der Waals surface area contributed by atoms with Crippen LogP contribution in [0.1, 0.15) is 72.6 Å². The Kier molecular flexibility index (Phi) is 6.65. The van der Waals surface area contributed by atoms with E-state index >= 15 is 0 Å². The molecule has 1 rings (SSSR count). The topological polar surface area (TPSA) is 32.3 Å². The lowest BCUT2D eigenvalue weighted by atomic mass is 9.81. The zero-order valence-electron chi connectivity index (χ0n) is 12.8. The highest BCUT2D eigenvalue weighted by Gasteiger charge is 2.25. The summed E-state index contributed by atoms with van der Waals surface area (Å²) in [6.45, 7) is 9.48. The van der Waals surface area contributed by atoms with Crippen molar-refractivity contribution in [1.29, 1.82) is 0 Å². The zero-order valence-corrected chi connectivity index (χ0v) is 12.8. The van der Waals surface area contributed by atoms with Gasteiger partial charge in [-0.25, -0.2) is 0 Å². The quantitative estimate of drug-likeness (QED) is 0.726. The molecule has 2 N–H and O–H groups in total. The molecule has 3 unspecified atom stereocenters. The van der Waals surface area contributed by atoms with Crippen molar-refractivity contribution >= 4 is 0 Å². The maximum atomic E-state index is 10.2. The highest BCUT2D eigenvalue weighted by molar-refractivity contribution is 4.82. The molecule has 0 radical (unpaired) electrons. The SMILES string of the molecule is CCCC(C)(O)CNC1CCCC(CC(C)C)C1. The van der Waals surface area contributed by atoms with Gasteiger partial charge in [-0.3, -0.25) is 0 Å². The van der Waals surface area contributed by atoms with E-state index in [1.165, 1.54) is 32.1 Å². The molecule has 0 heterocycles. The summed E-state index contributed by atoms with van der Waals surface area (Å²) in [5, 5.41) is 13.8. The van der Waals surface area contributed by atoms with Crippen LogP contribution in [0, 0.1) is 11.8 Å². The Balaban J connectivity index is 2.29. The molecule has 1 aliphatic rings. The van der Waals surface area contributed by atoms with Crippen molar-refractivity contribution in [2.75, 3.05) is 6.54 Å². The molecule has 1 fully saturated rings. The van der Waals surface area contributed by atoms with Gasteiger partial charge in [-0.2, -0.15) is 0 Å². The second kappa shape index (κ2) is 7.49. The zero-order chi connectivity index (χ0) is 13.6. The van der Waals surface area contributed by atoms with Crippen LogP contribution in [0.3, 0.4) is 0 Å². The van der Waals surface area contributed by atoms with Crippen LogP contribution in [0.4, 0.5) is 0 Å². The average molecular weight is 255 g/mol. The summed E-state index contributed by atoms with van der Waals surface area (Å²) in [4.78, 5) is 0.